The molecule has 256 valence electrons. The molecule has 0 amide bonds. The lowest BCUT2D eigenvalue weighted by Crippen LogP contribution is -2.27. The van der Waals surface area contributed by atoms with Crippen molar-refractivity contribution in [2.45, 2.75) is 98.5 Å². The second-order valence-electron chi connectivity index (χ2n) is 11.9. The van der Waals surface area contributed by atoms with Gasteiger partial charge in [-0.2, -0.15) is 0 Å². The molecule has 47 heavy (non-hydrogen) atoms. The van der Waals surface area contributed by atoms with Crippen LogP contribution in [0.1, 0.15) is 117 Å². The number of nitrogens with zero attached hydrogens (tertiary/aromatic N) is 1. The van der Waals surface area contributed by atoms with Gasteiger partial charge < -0.3 is 24.3 Å². The van der Waals surface area contributed by atoms with Gasteiger partial charge in [0.05, 0.1) is 17.2 Å². The summed E-state index contributed by atoms with van der Waals surface area (Å²) in [5.41, 5.74) is 3.50. The predicted molar refractivity (Wildman–Crippen MR) is 184 cm³/mol. The summed E-state index contributed by atoms with van der Waals surface area (Å²) >= 11 is 0. The average Bonchev–Trinajstić information content (AvgIpc) is 3.41. The van der Waals surface area contributed by atoms with Crippen LogP contribution in [-0.4, -0.2) is 64.5 Å². The number of rotatable bonds is 19. The Morgan fingerprint density at radius 2 is 1.32 bits per heavy atom. The molecule has 0 bridgehead atoms. The molecule has 3 aromatic rings. The minimum atomic E-state index is -1.26. The number of carbonyl (C=O) groups is 4. The third kappa shape index (κ3) is 13.6. The van der Waals surface area contributed by atoms with Gasteiger partial charge in [0.15, 0.2) is 5.78 Å². The Morgan fingerprint density at radius 3 is 1.85 bits per heavy atom. The van der Waals surface area contributed by atoms with Gasteiger partial charge in [0.1, 0.15) is 11.3 Å². The summed E-state index contributed by atoms with van der Waals surface area (Å²) in [4.78, 5) is 48.1. The zero-order chi connectivity index (χ0) is 34.8. The highest BCUT2D eigenvalue weighted by molar-refractivity contribution is 6.17. The van der Waals surface area contributed by atoms with E-state index in [-0.39, 0.29) is 11.9 Å². The molecule has 0 unspecified atom stereocenters. The van der Waals surface area contributed by atoms with Crippen LogP contribution in [0, 0.1) is 0 Å². The van der Waals surface area contributed by atoms with Crippen molar-refractivity contribution in [3.05, 3.63) is 82.6 Å². The molecule has 0 atom stereocenters. The standard InChI is InChI=1S/C34H47NO4.C4H4O4/c1-6-9-14-31-32(29-24-28(19-20-30(29)39-31)34(37)38-25(4)5)33(36)27-17-15-26(16-18-27)13-12-23-35(21-10-7-2)22-11-8-3;5-3(6)1-2-4(7)8/h15-20,24-25H,6-14,21-23H2,1-5H3;1-2H,(H,5,6)(H,7,8). The van der Waals surface area contributed by atoms with Gasteiger partial charge in [-0.3, -0.25) is 4.79 Å². The van der Waals surface area contributed by atoms with Crippen molar-refractivity contribution >= 4 is 34.7 Å². The molecule has 0 aliphatic heterocycles. The number of benzene rings is 2. The van der Waals surface area contributed by atoms with E-state index in [0.717, 1.165) is 32.2 Å². The zero-order valence-corrected chi connectivity index (χ0v) is 28.5. The largest absolute Gasteiger partial charge is 0.478 e. The Morgan fingerprint density at radius 1 is 0.766 bits per heavy atom. The van der Waals surface area contributed by atoms with E-state index >= 15 is 0 Å². The fourth-order valence-electron chi connectivity index (χ4n) is 5.04. The minimum absolute atomic E-state index is 0.0638. The highest BCUT2D eigenvalue weighted by Crippen LogP contribution is 2.31. The third-order valence-corrected chi connectivity index (χ3v) is 7.50. The fraction of sp³-hybridized carbons (Fsp3) is 0.474. The van der Waals surface area contributed by atoms with Crippen LogP contribution in [0.5, 0.6) is 0 Å². The summed E-state index contributed by atoms with van der Waals surface area (Å²) in [5.74, 6) is -2.28. The quantitative estimate of drug-likeness (QED) is 0.0750. The van der Waals surface area contributed by atoms with Crippen LogP contribution < -0.4 is 0 Å². The molecule has 9 nitrogen and oxygen atoms in total. The van der Waals surface area contributed by atoms with Crippen LogP contribution in [0.15, 0.2) is 59.0 Å². The SMILES string of the molecule is CCCCc1oc2ccc(C(=O)OC(C)C)cc2c1C(=O)c1ccc(CCCN(CCCC)CCCC)cc1.O=C(O)C=CC(=O)O. The van der Waals surface area contributed by atoms with E-state index < -0.39 is 17.9 Å². The lowest BCUT2D eigenvalue weighted by Gasteiger charge is -2.21. The summed E-state index contributed by atoms with van der Waals surface area (Å²) < 4.78 is 11.5. The average molecular weight is 650 g/mol. The number of aryl methyl sites for hydroxylation is 2. The van der Waals surface area contributed by atoms with E-state index in [1.165, 1.54) is 44.3 Å². The molecule has 0 aliphatic carbocycles. The van der Waals surface area contributed by atoms with Gasteiger partial charge in [0, 0.05) is 29.5 Å². The number of unbranched alkanes of at least 4 members (excludes halogenated alkanes) is 3. The van der Waals surface area contributed by atoms with Gasteiger partial charge in [0.2, 0.25) is 0 Å². The molecule has 1 heterocycles. The van der Waals surface area contributed by atoms with Crippen LogP contribution in [0.3, 0.4) is 0 Å². The first-order chi connectivity index (χ1) is 22.5. The van der Waals surface area contributed by atoms with Gasteiger partial charge in [0.25, 0.3) is 0 Å². The lowest BCUT2D eigenvalue weighted by molar-refractivity contribution is -0.134. The Balaban J connectivity index is 0.000000849. The van der Waals surface area contributed by atoms with E-state index in [9.17, 15) is 19.2 Å². The minimum Gasteiger partial charge on any atom is -0.478 e. The van der Waals surface area contributed by atoms with Crippen molar-refractivity contribution in [3.63, 3.8) is 0 Å². The molecule has 9 heteroatoms. The molecule has 0 radical (unpaired) electrons. The molecular weight excluding hydrogens is 598 g/mol. The van der Waals surface area contributed by atoms with Gasteiger partial charge in [-0.25, -0.2) is 14.4 Å². The van der Waals surface area contributed by atoms with E-state index in [1.807, 2.05) is 26.0 Å². The second kappa shape index (κ2) is 20.8. The molecule has 3 rings (SSSR count). The third-order valence-electron chi connectivity index (χ3n) is 7.50. The molecule has 0 saturated carbocycles. The lowest BCUT2D eigenvalue weighted by atomic mass is 9.96. The number of esters is 1. The van der Waals surface area contributed by atoms with E-state index in [2.05, 4.69) is 37.8 Å². The first-order valence-electron chi connectivity index (χ1n) is 16.8. The summed E-state index contributed by atoms with van der Waals surface area (Å²) in [6, 6.07) is 13.2. The molecule has 2 N–H and O–H groups in total. The highest BCUT2D eigenvalue weighted by Gasteiger charge is 2.23. The molecule has 0 saturated heterocycles. The van der Waals surface area contributed by atoms with Crippen molar-refractivity contribution in [2.75, 3.05) is 19.6 Å². The topological polar surface area (TPSA) is 134 Å². The van der Waals surface area contributed by atoms with Crippen LogP contribution >= 0.6 is 0 Å². The number of aliphatic carboxylic acids is 2. The first-order valence-corrected chi connectivity index (χ1v) is 16.8. The highest BCUT2D eigenvalue weighted by atomic mass is 16.5. The van der Waals surface area contributed by atoms with Crippen LogP contribution in [0.4, 0.5) is 0 Å². The molecule has 0 fully saturated rings. The number of hydrogen-bond donors (Lipinski definition) is 2. The van der Waals surface area contributed by atoms with Crippen molar-refractivity contribution in [1.82, 2.24) is 4.90 Å². The molecule has 0 aliphatic rings. The van der Waals surface area contributed by atoms with Gasteiger partial charge in [-0.15, -0.1) is 0 Å². The van der Waals surface area contributed by atoms with Crippen molar-refractivity contribution in [1.29, 1.82) is 0 Å². The first kappa shape index (κ1) is 38.9. The summed E-state index contributed by atoms with van der Waals surface area (Å²) in [6.07, 6.45) is 10.6. The summed E-state index contributed by atoms with van der Waals surface area (Å²) in [6.45, 7) is 13.7. The maximum absolute atomic E-state index is 13.8. The predicted octanol–water partition coefficient (Wildman–Crippen LogP) is 8.12. The van der Waals surface area contributed by atoms with Gasteiger partial charge >= 0.3 is 17.9 Å². The van der Waals surface area contributed by atoms with E-state index in [4.69, 9.17) is 19.4 Å². The van der Waals surface area contributed by atoms with Gasteiger partial charge in [-0.05, 0) is 89.3 Å². The van der Waals surface area contributed by atoms with Gasteiger partial charge in [-0.1, -0.05) is 64.3 Å². The Labute approximate surface area is 278 Å². The number of ketones is 1. The number of furan rings is 1. The normalized spacial score (nSPS) is 11.2. The summed E-state index contributed by atoms with van der Waals surface area (Å²) in [7, 11) is 0. The van der Waals surface area contributed by atoms with Crippen LogP contribution in [-0.2, 0) is 27.2 Å². The number of hydrogen-bond acceptors (Lipinski definition) is 7. The summed E-state index contributed by atoms with van der Waals surface area (Å²) in [5, 5.41) is 16.3. The molecule has 1 aromatic heterocycles. The molecule has 0 spiro atoms. The maximum atomic E-state index is 13.8. The van der Waals surface area contributed by atoms with Crippen molar-refractivity contribution < 1.29 is 38.5 Å². The smallest absolute Gasteiger partial charge is 0.338 e. The number of ether oxygens (including phenoxy) is 1. The fourth-order valence-corrected chi connectivity index (χ4v) is 5.04. The zero-order valence-electron chi connectivity index (χ0n) is 28.5. The maximum Gasteiger partial charge on any atom is 0.338 e. The number of carbonyl (C=O) groups excluding carboxylic acids is 2. The number of carboxylic acid groups (broad SMARTS) is 2. The van der Waals surface area contributed by atoms with Crippen LogP contribution in [0.2, 0.25) is 0 Å². The van der Waals surface area contributed by atoms with Crippen LogP contribution in [0.25, 0.3) is 11.0 Å². The second-order valence-corrected chi connectivity index (χ2v) is 11.9. The number of fused-ring (bicyclic) bond motifs is 1. The Kier molecular flexibility index (Phi) is 17.2. The van der Waals surface area contributed by atoms with Crippen molar-refractivity contribution in [3.8, 4) is 0 Å². The monoisotopic (exact) mass is 649 g/mol. The Bertz CT molecular complexity index is 1440. The van der Waals surface area contributed by atoms with E-state index in [1.54, 1.807) is 18.2 Å². The molecular formula is C38H51NO8. The van der Waals surface area contributed by atoms with E-state index in [0.29, 0.717) is 52.0 Å². The Hall–Kier alpha value is -4.24. The van der Waals surface area contributed by atoms with Crippen molar-refractivity contribution in [2.24, 2.45) is 0 Å². The number of carboxylic acids is 2. The molecule has 2 aromatic carbocycles.